The molecule has 0 aliphatic heterocycles. The molecule has 0 amide bonds. The molecule has 0 atom stereocenters. The highest BCUT2D eigenvalue weighted by Crippen LogP contribution is 2.27. The molecular weight excluding hydrogens is 242 g/mol. The van der Waals surface area contributed by atoms with Crippen LogP contribution in [0.4, 0.5) is 5.69 Å². The predicted octanol–water partition coefficient (Wildman–Crippen LogP) is 3.49. The van der Waals surface area contributed by atoms with E-state index in [4.69, 9.17) is 5.73 Å². The van der Waals surface area contributed by atoms with Gasteiger partial charge in [0.25, 0.3) is 0 Å². The molecule has 0 bridgehead atoms. The molecule has 2 aromatic heterocycles. The van der Waals surface area contributed by atoms with Crippen molar-refractivity contribution in [2.24, 2.45) is 0 Å². The Morgan fingerprint density at radius 2 is 2.06 bits per heavy atom. The topological polar surface area (TPSA) is 43.8 Å². The van der Waals surface area contributed by atoms with Crippen molar-refractivity contribution in [1.29, 1.82) is 0 Å². The third-order valence-electron chi connectivity index (χ3n) is 2.90. The van der Waals surface area contributed by atoms with E-state index in [1.165, 1.54) is 5.56 Å². The summed E-state index contributed by atoms with van der Waals surface area (Å²) in [5.74, 6) is 0. The lowest BCUT2D eigenvalue weighted by atomic mass is 10.2. The zero-order chi connectivity index (χ0) is 12.5. The molecule has 3 rings (SSSR count). The van der Waals surface area contributed by atoms with E-state index in [0.717, 1.165) is 16.9 Å². The van der Waals surface area contributed by atoms with Crippen molar-refractivity contribution >= 4 is 17.0 Å². The highest BCUT2D eigenvalue weighted by Gasteiger charge is 2.10. The fraction of sp³-hybridized carbons (Fsp3) is 0.0714. The molecule has 0 aliphatic carbocycles. The summed E-state index contributed by atoms with van der Waals surface area (Å²) in [5.41, 5.74) is 10.9. The summed E-state index contributed by atoms with van der Waals surface area (Å²) in [4.78, 5) is 0. The summed E-state index contributed by atoms with van der Waals surface area (Å²) < 4.78 is 1.84. The van der Waals surface area contributed by atoms with Crippen LogP contribution >= 0.6 is 11.3 Å². The second-order valence-corrected chi connectivity index (χ2v) is 4.96. The van der Waals surface area contributed by atoms with Crippen molar-refractivity contribution in [1.82, 2.24) is 9.78 Å². The number of anilines is 1. The Kier molecular flexibility index (Phi) is 2.64. The molecule has 90 valence electrons. The van der Waals surface area contributed by atoms with Crippen molar-refractivity contribution in [2.75, 3.05) is 5.73 Å². The van der Waals surface area contributed by atoms with Crippen molar-refractivity contribution in [2.45, 2.75) is 6.92 Å². The SMILES string of the molecule is Cc1ccccc1-n1cc(N)c(-c2ccsc2)n1. The Balaban J connectivity index is 2.11. The Morgan fingerprint density at radius 3 is 2.78 bits per heavy atom. The molecular formula is C14H13N3S. The van der Waals surface area contributed by atoms with Gasteiger partial charge in [0.2, 0.25) is 0 Å². The average Bonchev–Trinajstić information content (AvgIpc) is 2.98. The second-order valence-electron chi connectivity index (χ2n) is 4.18. The smallest absolute Gasteiger partial charge is 0.116 e. The minimum atomic E-state index is 0.705. The average molecular weight is 255 g/mol. The summed E-state index contributed by atoms with van der Waals surface area (Å²) in [6, 6.07) is 10.2. The largest absolute Gasteiger partial charge is 0.396 e. The fourth-order valence-corrected chi connectivity index (χ4v) is 2.60. The van der Waals surface area contributed by atoms with Gasteiger partial charge in [0.1, 0.15) is 5.69 Å². The minimum absolute atomic E-state index is 0.705. The Morgan fingerprint density at radius 1 is 1.22 bits per heavy atom. The number of rotatable bonds is 2. The first-order valence-corrected chi connectivity index (χ1v) is 6.64. The minimum Gasteiger partial charge on any atom is -0.396 e. The normalized spacial score (nSPS) is 10.7. The van der Waals surface area contributed by atoms with E-state index in [-0.39, 0.29) is 0 Å². The van der Waals surface area contributed by atoms with Crippen LogP contribution in [0.25, 0.3) is 16.9 Å². The first kappa shape index (κ1) is 11.0. The second kappa shape index (κ2) is 4.31. The number of hydrogen-bond donors (Lipinski definition) is 1. The molecule has 0 saturated carbocycles. The van der Waals surface area contributed by atoms with E-state index in [2.05, 4.69) is 23.5 Å². The zero-order valence-corrected chi connectivity index (χ0v) is 10.8. The lowest BCUT2D eigenvalue weighted by Gasteiger charge is -2.04. The number of benzene rings is 1. The molecule has 1 aromatic carbocycles. The summed E-state index contributed by atoms with van der Waals surface area (Å²) in [5, 5.41) is 8.67. The van der Waals surface area contributed by atoms with Gasteiger partial charge in [-0.2, -0.15) is 16.4 Å². The van der Waals surface area contributed by atoms with Crippen molar-refractivity contribution in [3.05, 3.63) is 52.9 Å². The summed E-state index contributed by atoms with van der Waals surface area (Å²) in [6.07, 6.45) is 1.87. The van der Waals surface area contributed by atoms with Crippen LogP contribution in [0.1, 0.15) is 5.56 Å². The van der Waals surface area contributed by atoms with Gasteiger partial charge >= 0.3 is 0 Å². The van der Waals surface area contributed by atoms with Crippen molar-refractivity contribution in [3.8, 4) is 16.9 Å². The Bertz CT molecular complexity index is 668. The van der Waals surface area contributed by atoms with E-state index in [1.807, 2.05) is 40.5 Å². The van der Waals surface area contributed by atoms with Gasteiger partial charge in [-0.25, -0.2) is 4.68 Å². The third-order valence-corrected chi connectivity index (χ3v) is 3.58. The summed E-state index contributed by atoms with van der Waals surface area (Å²) in [7, 11) is 0. The van der Waals surface area contributed by atoms with Crippen LogP contribution in [0, 0.1) is 6.92 Å². The number of hydrogen-bond acceptors (Lipinski definition) is 3. The number of thiophene rings is 1. The van der Waals surface area contributed by atoms with Gasteiger partial charge in [-0.15, -0.1) is 0 Å². The van der Waals surface area contributed by atoms with E-state index in [1.54, 1.807) is 11.3 Å². The molecule has 0 unspecified atom stereocenters. The number of aromatic nitrogens is 2. The number of aryl methyl sites for hydroxylation is 1. The monoisotopic (exact) mass is 255 g/mol. The zero-order valence-electron chi connectivity index (χ0n) is 10.00. The van der Waals surface area contributed by atoms with Crippen LogP contribution in [0.5, 0.6) is 0 Å². The van der Waals surface area contributed by atoms with Crippen LogP contribution in [0.3, 0.4) is 0 Å². The maximum Gasteiger partial charge on any atom is 0.116 e. The molecule has 0 aliphatic rings. The molecule has 0 spiro atoms. The number of nitrogens with two attached hydrogens (primary N) is 1. The molecule has 0 fully saturated rings. The summed E-state index contributed by atoms with van der Waals surface area (Å²) in [6.45, 7) is 2.07. The van der Waals surface area contributed by atoms with Gasteiger partial charge < -0.3 is 5.73 Å². The molecule has 3 nitrogen and oxygen atoms in total. The van der Waals surface area contributed by atoms with Crippen LogP contribution in [0.15, 0.2) is 47.3 Å². The Hall–Kier alpha value is -2.07. The van der Waals surface area contributed by atoms with Crippen LogP contribution in [-0.4, -0.2) is 9.78 Å². The molecule has 0 saturated heterocycles. The first-order chi connectivity index (χ1) is 8.75. The van der Waals surface area contributed by atoms with Crippen LogP contribution in [-0.2, 0) is 0 Å². The van der Waals surface area contributed by atoms with E-state index < -0.39 is 0 Å². The molecule has 4 heteroatoms. The molecule has 18 heavy (non-hydrogen) atoms. The molecule has 0 radical (unpaired) electrons. The quantitative estimate of drug-likeness (QED) is 0.761. The third kappa shape index (κ3) is 1.80. The maximum atomic E-state index is 6.04. The highest BCUT2D eigenvalue weighted by molar-refractivity contribution is 7.08. The van der Waals surface area contributed by atoms with Gasteiger partial charge in [-0.05, 0) is 30.0 Å². The van der Waals surface area contributed by atoms with E-state index >= 15 is 0 Å². The van der Waals surface area contributed by atoms with Crippen LogP contribution in [0.2, 0.25) is 0 Å². The fourth-order valence-electron chi connectivity index (χ4n) is 1.95. The maximum absolute atomic E-state index is 6.04. The standard InChI is InChI=1S/C14H13N3S/c1-10-4-2-3-5-13(10)17-8-12(15)14(16-17)11-6-7-18-9-11/h2-9H,15H2,1H3. The molecule has 3 aromatic rings. The molecule has 2 N–H and O–H groups in total. The first-order valence-electron chi connectivity index (χ1n) is 5.69. The number of para-hydroxylation sites is 1. The highest BCUT2D eigenvalue weighted by atomic mass is 32.1. The predicted molar refractivity (Wildman–Crippen MR) is 76.0 cm³/mol. The summed E-state index contributed by atoms with van der Waals surface area (Å²) >= 11 is 1.65. The van der Waals surface area contributed by atoms with Crippen molar-refractivity contribution in [3.63, 3.8) is 0 Å². The number of nitrogens with zero attached hydrogens (tertiary/aromatic N) is 2. The van der Waals surface area contributed by atoms with Crippen LogP contribution < -0.4 is 5.73 Å². The lowest BCUT2D eigenvalue weighted by Crippen LogP contribution is -1.97. The van der Waals surface area contributed by atoms with Gasteiger partial charge in [0.05, 0.1) is 17.6 Å². The van der Waals surface area contributed by atoms with Crippen molar-refractivity contribution < 1.29 is 0 Å². The Labute approximate surface area is 109 Å². The molecule has 2 heterocycles. The van der Waals surface area contributed by atoms with Gasteiger partial charge in [-0.3, -0.25) is 0 Å². The van der Waals surface area contributed by atoms with Gasteiger partial charge in [-0.1, -0.05) is 18.2 Å². The van der Waals surface area contributed by atoms with Gasteiger partial charge in [0.15, 0.2) is 0 Å². The van der Waals surface area contributed by atoms with Gasteiger partial charge in [0, 0.05) is 10.9 Å². The van der Waals surface area contributed by atoms with E-state index in [0.29, 0.717) is 5.69 Å². The van der Waals surface area contributed by atoms with E-state index in [9.17, 15) is 0 Å². The number of nitrogen functional groups attached to an aromatic ring is 1. The lowest BCUT2D eigenvalue weighted by molar-refractivity contribution is 0.877.